The average molecular weight is 226 g/mol. The average Bonchev–Trinajstić information content (AvgIpc) is 2.26. The third kappa shape index (κ3) is 4.70. The van der Waals surface area contributed by atoms with Gasteiger partial charge < -0.3 is 10.5 Å². The SMILES string of the molecule is COCCN(CCN)Cc1cccc(F)c1. The van der Waals surface area contributed by atoms with Crippen LogP contribution in [-0.4, -0.2) is 38.3 Å². The van der Waals surface area contributed by atoms with Crippen molar-refractivity contribution in [3.8, 4) is 0 Å². The van der Waals surface area contributed by atoms with E-state index < -0.39 is 0 Å². The predicted molar refractivity (Wildman–Crippen MR) is 62.6 cm³/mol. The van der Waals surface area contributed by atoms with Gasteiger partial charge in [0.15, 0.2) is 0 Å². The summed E-state index contributed by atoms with van der Waals surface area (Å²) >= 11 is 0. The molecule has 0 aliphatic rings. The summed E-state index contributed by atoms with van der Waals surface area (Å²) in [7, 11) is 1.67. The molecule has 0 heterocycles. The lowest BCUT2D eigenvalue weighted by Gasteiger charge is -2.21. The van der Waals surface area contributed by atoms with Gasteiger partial charge in [0, 0.05) is 33.3 Å². The molecule has 16 heavy (non-hydrogen) atoms. The summed E-state index contributed by atoms with van der Waals surface area (Å²) in [6.07, 6.45) is 0. The van der Waals surface area contributed by atoms with E-state index >= 15 is 0 Å². The van der Waals surface area contributed by atoms with Gasteiger partial charge in [-0.05, 0) is 17.7 Å². The van der Waals surface area contributed by atoms with Crippen molar-refractivity contribution in [3.05, 3.63) is 35.6 Å². The van der Waals surface area contributed by atoms with Crippen LogP contribution in [0.5, 0.6) is 0 Å². The third-order valence-corrected chi connectivity index (χ3v) is 2.35. The number of nitrogens with zero attached hydrogens (tertiary/aromatic N) is 1. The standard InChI is InChI=1S/C12H19FN2O/c1-16-8-7-15(6-5-14)10-11-3-2-4-12(13)9-11/h2-4,9H,5-8,10,14H2,1H3. The molecular weight excluding hydrogens is 207 g/mol. The Morgan fingerprint density at radius 3 is 2.81 bits per heavy atom. The molecule has 0 saturated carbocycles. The van der Waals surface area contributed by atoms with Gasteiger partial charge in [0.05, 0.1) is 6.61 Å². The first-order chi connectivity index (χ1) is 7.76. The second kappa shape index (κ2) is 7.33. The zero-order valence-corrected chi connectivity index (χ0v) is 9.66. The van der Waals surface area contributed by atoms with Gasteiger partial charge in [-0.2, -0.15) is 0 Å². The fourth-order valence-electron chi connectivity index (χ4n) is 1.57. The molecule has 0 aliphatic heterocycles. The zero-order valence-electron chi connectivity index (χ0n) is 9.66. The molecule has 0 aliphatic carbocycles. The maximum atomic E-state index is 13.0. The molecule has 1 aromatic rings. The molecule has 0 aromatic heterocycles. The molecule has 1 rings (SSSR count). The molecule has 0 fully saturated rings. The smallest absolute Gasteiger partial charge is 0.123 e. The van der Waals surface area contributed by atoms with Crippen molar-refractivity contribution in [2.75, 3.05) is 33.4 Å². The van der Waals surface area contributed by atoms with Crippen LogP contribution in [0.1, 0.15) is 5.56 Å². The largest absolute Gasteiger partial charge is 0.383 e. The summed E-state index contributed by atoms with van der Waals surface area (Å²) < 4.78 is 18.0. The zero-order chi connectivity index (χ0) is 11.8. The van der Waals surface area contributed by atoms with E-state index in [0.717, 1.165) is 18.7 Å². The second-order valence-corrected chi connectivity index (χ2v) is 3.69. The van der Waals surface area contributed by atoms with E-state index in [2.05, 4.69) is 4.90 Å². The Labute approximate surface area is 96.0 Å². The summed E-state index contributed by atoms with van der Waals surface area (Å²) in [5.74, 6) is -0.197. The minimum Gasteiger partial charge on any atom is -0.383 e. The van der Waals surface area contributed by atoms with Crippen LogP contribution < -0.4 is 5.73 Å². The van der Waals surface area contributed by atoms with Gasteiger partial charge in [-0.3, -0.25) is 4.90 Å². The van der Waals surface area contributed by atoms with Gasteiger partial charge in [0.2, 0.25) is 0 Å². The molecule has 0 unspecified atom stereocenters. The molecule has 90 valence electrons. The molecule has 0 atom stereocenters. The predicted octanol–water partition coefficient (Wildman–Crippen LogP) is 1.23. The Kier molecular flexibility index (Phi) is 6.00. The number of hydrogen-bond donors (Lipinski definition) is 1. The van der Waals surface area contributed by atoms with Crippen LogP contribution in [0.2, 0.25) is 0 Å². The fraction of sp³-hybridized carbons (Fsp3) is 0.500. The highest BCUT2D eigenvalue weighted by molar-refractivity contribution is 5.16. The lowest BCUT2D eigenvalue weighted by molar-refractivity contribution is 0.146. The van der Waals surface area contributed by atoms with Crippen molar-refractivity contribution in [1.82, 2.24) is 4.90 Å². The van der Waals surface area contributed by atoms with Crippen molar-refractivity contribution >= 4 is 0 Å². The number of nitrogens with two attached hydrogens (primary N) is 1. The summed E-state index contributed by atoms with van der Waals surface area (Å²) in [5, 5.41) is 0. The maximum absolute atomic E-state index is 13.0. The number of rotatable bonds is 7. The molecule has 0 amide bonds. The molecule has 0 spiro atoms. The second-order valence-electron chi connectivity index (χ2n) is 3.69. The van der Waals surface area contributed by atoms with E-state index in [1.165, 1.54) is 6.07 Å². The van der Waals surface area contributed by atoms with Gasteiger partial charge in [-0.15, -0.1) is 0 Å². The Bertz CT molecular complexity index is 307. The number of methoxy groups -OCH3 is 1. The number of ether oxygens (including phenoxy) is 1. The molecule has 0 bridgehead atoms. The van der Waals surface area contributed by atoms with E-state index in [-0.39, 0.29) is 5.82 Å². The van der Waals surface area contributed by atoms with E-state index in [0.29, 0.717) is 19.7 Å². The molecule has 0 radical (unpaired) electrons. The van der Waals surface area contributed by atoms with Crippen LogP contribution >= 0.6 is 0 Å². The van der Waals surface area contributed by atoms with Gasteiger partial charge in [-0.25, -0.2) is 4.39 Å². The lowest BCUT2D eigenvalue weighted by atomic mass is 10.2. The van der Waals surface area contributed by atoms with Crippen molar-refractivity contribution in [3.63, 3.8) is 0 Å². The maximum Gasteiger partial charge on any atom is 0.123 e. The van der Waals surface area contributed by atoms with E-state index in [1.807, 2.05) is 6.07 Å². The van der Waals surface area contributed by atoms with Crippen molar-refractivity contribution in [1.29, 1.82) is 0 Å². The monoisotopic (exact) mass is 226 g/mol. The summed E-state index contributed by atoms with van der Waals surface area (Å²) in [6, 6.07) is 6.64. The summed E-state index contributed by atoms with van der Waals surface area (Å²) in [4.78, 5) is 2.15. The van der Waals surface area contributed by atoms with Crippen LogP contribution in [0.4, 0.5) is 4.39 Å². The number of halogens is 1. The van der Waals surface area contributed by atoms with E-state index in [9.17, 15) is 4.39 Å². The van der Waals surface area contributed by atoms with Crippen molar-refractivity contribution in [2.24, 2.45) is 5.73 Å². The van der Waals surface area contributed by atoms with E-state index in [1.54, 1.807) is 19.2 Å². The Hall–Kier alpha value is -0.970. The minimum atomic E-state index is -0.197. The topological polar surface area (TPSA) is 38.5 Å². The van der Waals surface area contributed by atoms with Crippen molar-refractivity contribution in [2.45, 2.75) is 6.54 Å². The van der Waals surface area contributed by atoms with Crippen LogP contribution in [-0.2, 0) is 11.3 Å². The summed E-state index contributed by atoms with van der Waals surface area (Å²) in [6.45, 7) is 3.57. The Balaban J connectivity index is 2.52. The molecule has 4 heteroatoms. The van der Waals surface area contributed by atoms with E-state index in [4.69, 9.17) is 10.5 Å². The quantitative estimate of drug-likeness (QED) is 0.760. The molecular formula is C12H19FN2O. The first-order valence-corrected chi connectivity index (χ1v) is 5.42. The van der Waals surface area contributed by atoms with Crippen LogP contribution in [0.25, 0.3) is 0 Å². The highest BCUT2D eigenvalue weighted by atomic mass is 19.1. The first-order valence-electron chi connectivity index (χ1n) is 5.42. The molecule has 2 N–H and O–H groups in total. The van der Waals surface area contributed by atoms with Crippen LogP contribution in [0, 0.1) is 5.82 Å². The highest BCUT2D eigenvalue weighted by Crippen LogP contribution is 2.06. The normalized spacial score (nSPS) is 11.0. The highest BCUT2D eigenvalue weighted by Gasteiger charge is 2.05. The number of hydrogen-bond acceptors (Lipinski definition) is 3. The first kappa shape index (κ1) is 13.1. The fourth-order valence-corrected chi connectivity index (χ4v) is 1.57. The molecule has 3 nitrogen and oxygen atoms in total. The van der Waals surface area contributed by atoms with Gasteiger partial charge in [-0.1, -0.05) is 12.1 Å². The Morgan fingerprint density at radius 1 is 1.38 bits per heavy atom. The van der Waals surface area contributed by atoms with Crippen molar-refractivity contribution < 1.29 is 9.13 Å². The third-order valence-electron chi connectivity index (χ3n) is 2.35. The lowest BCUT2D eigenvalue weighted by Crippen LogP contribution is -2.31. The van der Waals surface area contributed by atoms with Crippen LogP contribution in [0.15, 0.2) is 24.3 Å². The van der Waals surface area contributed by atoms with Gasteiger partial charge >= 0.3 is 0 Å². The van der Waals surface area contributed by atoms with Crippen LogP contribution in [0.3, 0.4) is 0 Å². The van der Waals surface area contributed by atoms with Gasteiger partial charge in [0.1, 0.15) is 5.82 Å². The molecule has 1 aromatic carbocycles. The molecule has 0 saturated heterocycles. The number of benzene rings is 1. The Morgan fingerprint density at radius 2 is 2.19 bits per heavy atom. The van der Waals surface area contributed by atoms with Gasteiger partial charge in [0.25, 0.3) is 0 Å². The minimum absolute atomic E-state index is 0.197. The summed E-state index contributed by atoms with van der Waals surface area (Å²) in [5.41, 5.74) is 6.49.